The highest BCUT2D eigenvalue weighted by atomic mass is 16.2. The molecule has 2 rings (SSSR count). The summed E-state index contributed by atoms with van der Waals surface area (Å²) in [6.07, 6.45) is 0. The van der Waals surface area contributed by atoms with Crippen molar-refractivity contribution in [1.82, 2.24) is 14.7 Å². The molecule has 0 unspecified atom stereocenters. The average molecular weight is 314 g/mol. The van der Waals surface area contributed by atoms with Crippen molar-refractivity contribution in [3.05, 3.63) is 47.3 Å². The summed E-state index contributed by atoms with van der Waals surface area (Å²) in [6, 6.07) is 9.57. The molecule has 2 aromatic rings. The van der Waals surface area contributed by atoms with Crippen LogP contribution in [0.1, 0.15) is 35.6 Å². The summed E-state index contributed by atoms with van der Waals surface area (Å²) in [5.41, 5.74) is 9.34. The highest BCUT2D eigenvalue weighted by molar-refractivity contribution is 5.94. The van der Waals surface area contributed by atoms with E-state index in [9.17, 15) is 4.79 Å². The van der Waals surface area contributed by atoms with Gasteiger partial charge in [-0.1, -0.05) is 13.8 Å². The van der Waals surface area contributed by atoms with Crippen LogP contribution in [0.5, 0.6) is 0 Å². The third kappa shape index (κ3) is 3.99. The van der Waals surface area contributed by atoms with E-state index in [-0.39, 0.29) is 11.3 Å². The molecule has 0 aliphatic rings. The normalized spacial score (nSPS) is 11.6. The summed E-state index contributed by atoms with van der Waals surface area (Å²) >= 11 is 0. The lowest BCUT2D eigenvalue weighted by Gasteiger charge is -2.29. The van der Waals surface area contributed by atoms with Crippen LogP contribution in [0.2, 0.25) is 0 Å². The van der Waals surface area contributed by atoms with E-state index in [1.165, 1.54) is 0 Å². The van der Waals surface area contributed by atoms with E-state index in [0.29, 0.717) is 18.7 Å². The first-order valence-electron chi connectivity index (χ1n) is 7.83. The molecule has 0 atom stereocenters. The van der Waals surface area contributed by atoms with Crippen LogP contribution < -0.4 is 5.73 Å². The van der Waals surface area contributed by atoms with Gasteiger partial charge in [-0.2, -0.15) is 5.10 Å². The number of nitrogens with two attached hydrogens (primary N) is 1. The quantitative estimate of drug-likeness (QED) is 0.922. The number of carbonyl (C=O) groups excluding carboxylic acids is 1. The lowest BCUT2D eigenvalue weighted by Crippen LogP contribution is -2.39. The molecule has 0 bridgehead atoms. The van der Waals surface area contributed by atoms with E-state index in [0.717, 1.165) is 17.1 Å². The van der Waals surface area contributed by atoms with Crippen LogP contribution in [0.3, 0.4) is 0 Å². The van der Waals surface area contributed by atoms with Crippen LogP contribution in [-0.4, -0.2) is 40.7 Å². The summed E-state index contributed by atoms with van der Waals surface area (Å²) in [6.45, 7) is 9.27. The van der Waals surface area contributed by atoms with E-state index in [2.05, 4.69) is 18.9 Å². The molecule has 0 aliphatic carbocycles. The van der Waals surface area contributed by atoms with Gasteiger partial charge in [0.1, 0.15) is 0 Å². The molecule has 0 spiro atoms. The van der Waals surface area contributed by atoms with Gasteiger partial charge in [0.15, 0.2) is 0 Å². The number of aromatic nitrogens is 2. The van der Waals surface area contributed by atoms with Gasteiger partial charge in [-0.3, -0.25) is 4.79 Å². The number of amides is 1. The zero-order valence-electron chi connectivity index (χ0n) is 14.6. The van der Waals surface area contributed by atoms with E-state index in [4.69, 9.17) is 5.73 Å². The Kier molecular flexibility index (Phi) is 4.90. The largest absolute Gasteiger partial charge is 0.341 e. The van der Waals surface area contributed by atoms with Crippen molar-refractivity contribution >= 4 is 5.91 Å². The Morgan fingerprint density at radius 3 is 2.35 bits per heavy atom. The molecule has 0 fully saturated rings. The smallest absolute Gasteiger partial charge is 0.253 e. The molecular formula is C18H26N4O. The Labute approximate surface area is 138 Å². The van der Waals surface area contributed by atoms with Crippen molar-refractivity contribution in [3.8, 4) is 5.69 Å². The average Bonchev–Trinajstić information content (AvgIpc) is 2.85. The number of hydrogen-bond acceptors (Lipinski definition) is 3. The van der Waals surface area contributed by atoms with Gasteiger partial charge in [0.2, 0.25) is 0 Å². The summed E-state index contributed by atoms with van der Waals surface area (Å²) in [7, 11) is 1.81. The minimum Gasteiger partial charge on any atom is -0.341 e. The van der Waals surface area contributed by atoms with Crippen LogP contribution in [0.25, 0.3) is 5.69 Å². The third-order valence-electron chi connectivity index (χ3n) is 3.93. The fourth-order valence-electron chi connectivity index (χ4n) is 2.63. The SMILES string of the molecule is Cc1cc(C)n(-c2ccc(C(=O)N(C)CC(C)(C)CN)cc2)n1. The number of aryl methyl sites for hydroxylation is 2. The van der Waals surface area contributed by atoms with Crippen LogP contribution in [-0.2, 0) is 0 Å². The lowest BCUT2D eigenvalue weighted by atomic mass is 9.93. The Morgan fingerprint density at radius 1 is 1.26 bits per heavy atom. The number of carbonyl (C=O) groups is 1. The van der Waals surface area contributed by atoms with Gasteiger partial charge in [-0.15, -0.1) is 0 Å². The molecule has 0 radical (unpaired) electrons. The number of benzene rings is 1. The van der Waals surface area contributed by atoms with Gasteiger partial charge >= 0.3 is 0 Å². The predicted molar refractivity (Wildman–Crippen MR) is 92.8 cm³/mol. The molecule has 1 amide bonds. The molecule has 0 saturated heterocycles. The fraction of sp³-hybridized carbons (Fsp3) is 0.444. The maximum Gasteiger partial charge on any atom is 0.253 e. The van der Waals surface area contributed by atoms with Crippen LogP contribution in [0.15, 0.2) is 30.3 Å². The number of hydrogen-bond donors (Lipinski definition) is 1. The van der Waals surface area contributed by atoms with Gasteiger partial charge in [-0.05, 0) is 56.1 Å². The van der Waals surface area contributed by atoms with Crippen LogP contribution in [0.4, 0.5) is 0 Å². The number of rotatable bonds is 5. The Balaban J connectivity index is 2.16. The Bertz CT molecular complexity index is 686. The van der Waals surface area contributed by atoms with Gasteiger partial charge in [0.05, 0.1) is 11.4 Å². The van der Waals surface area contributed by atoms with Crippen molar-refractivity contribution < 1.29 is 4.79 Å². The molecular weight excluding hydrogens is 288 g/mol. The first kappa shape index (κ1) is 17.2. The first-order chi connectivity index (χ1) is 10.7. The van der Waals surface area contributed by atoms with E-state index in [1.54, 1.807) is 4.90 Å². The molecule has 23 heavy (non-hydrogen) atoms. The fourth-order valence-corrected chi connectivity index (χ4v) is 2.63. The predicted octanol–water partition coefficient (Wildman–Crippen LogP) is 2.55. The maximum atomic E-state index is 12.5. The Hall–Kier alpha value is -2.14. The second-order valence-electron chi connectivity index (χ2n) is 6.92. The molecule has 124 valence electrons. The van der Waals surface area contributed by atoms with Gasteiger partial charge in [0.25, 0.3) is 5.91 Å². The first-order valence-corrected chi connectivity index (χ1v) is 7.83. The zero-order valence-corrected chi connectivity index (χ0v) is 14.6. The molecule has 1 aromatic heterocycles. The minimum atomic E-state index is -0.0892. The lowest BCUT2D eigenvalue weighted by molar-refractivity contribution is 0.0740. The highest BCUT2D eigenvalue weighted by Crippen LogP contribution is 2.17. The molecule has 5 heteroatoms. The molecule has 1 heterocycles. The number of nitrogens with zero attached hydrogens (tertiary/aromatic N) is 3. The van der Waals surface area contributed by atoms with Crippen molar-refractivity contribution in [2.24, 2.45) is 11.1 Å². The van der Waals surface area contributed by atoms with Crippen LogP contribution in [0, 0.1) is 19.3 Å². The monoisotopic (exact) mass is 314 g/mol. The summed E-state index contributed by atoms with van der Waals surface area (Å²) in [5.74, 6) is 0.00597. The van der Waals surface area contributed by atoms with E-state index >= 15 is 0 Å². The van der Waals surface area contributed by atoms with Gasteiger partial charge < -0.3 is 10.6 Å². The second-order valence-corrected chi connectivity index (χ2v) is 6.92. The molecule has 0 aliphatic heterocycles. The van der Waals surface area contributed by atoms with E-state index < -0.39 is 0 Å². The molecule has 5 nitrogen and oxygen atoms in total. The Morgan fingerprint density at radius 2 is 1.87 bits per heavy atom. The molecule has 1 aromatic carbocycles. The topological polar surface area (TPSA) is 64.2 Å². The zero-order chi connectivity index (χ0) is 17.2. The third-order valence-corrected chi connectivity index (χ3v) is 3.93. The molecule has 0 saturated carbocycles. The van der Waals surface area contributed by atoms with Crippen LogP contribution >= 0.6 is 0 Å². The standard InChI is InChI=1S/C18H26N4O/c1-13-10-14(2)22(20-13)16-8-6-15(7-9-16)17(23)21(5)12-18(3,4)11-19/h6-10H,11-12,19H2,1-5H3. The second kappa shape index (κ2) is 6.54. The van der Waals surface area contributed by atoms with Crippen molar-refractivity contribution in [3.63, 3.8) is 0 Å². The highest BCUT2D eigenvalue weighted by Gasteiger charge is 2.22. The van der Waals surface area contributed by atoms with Gasteiger partial charge in [0, 0.05) is 24.8 Å². The van der Waals surface area contributed by atoms with Crippen molar-refractivity contribution in [2.45, 2.75) is 27.7 Å². The van der Waals surface area contributed by atoms with Gasteiger partial charge in [-0.25, -0.2) is 4.68 Å². The maximum absolute atomic E-state index is 12.5. The van der Waals surface area contributed by atoms with Crippen molar-refractivity contribution in [2.75, 3.05) is 20.1 Å². The molecule has 2 N–H and O–H groups in total. The van der Waals surface area contributed by atoms with E-state index in [1.807, 2.05) is 55.9 Å². The summed E-state index contributed by atoms with van der Waals surface area (Å²) in [5, 5.41) is 4.46. The van der Waals surface area contributed by atoms with Crippen molar-refractivity contribution in [1.29, 1.82) is 0 Å². The minimum absolute atomic E-state index is 0.00597. The summed E-state index contributed by atoms with van der Waals surface area (Å²) in [4.78, 5) is 14.2. The summed E-state index contributed by atoms with van der Waals surface area (Å²) < 4.78 is 1.88.